The van der Waals surface area contributed by atoms with Crippen LogP contribution in [0.3, 0.4) is 0 Å². The predicted molar refractivity (Wildman–Crippen MR) is 84.9 cm³/mol. The van der Waals surface area contributed by atoms with Gasteiger partial charge in [-0.3, -0.25) is 14.5 Å². The molecule has 22 heavy (non-hydrogen) atoms. The quantitative estimate of drug-likeness (QED) is 0.854. The smallest absolute Gasteiger partial charge is 0.238 e. The van der Waals surface area contributed by atoms with E-state index < -0.39 is 0 Å². The fourth-order valence-electron chi connectivity index (χ4n) is 2.66. The normalized spacial score (nSPS) is 16.1. The third-order valence-corrected chi connectivity index (χ3v) is 3.93. The number of hydrogen-bond donors (Lipinski definition) is 2. The zero-order chi connectivity index (χ0) is 15.9. The van der Waals surface area contributed by atoms with Crippen molar-refractivity contribution in [3.63, 3.8) is 0 Å². The maximum Gasteiger partial charge on any atom is 0.238 e. The van der Waals surface area contributed by atoms with E-state index in [2.05, 4.69) is 15.5 Å². The number of nitrogens with zero attached hydrogens (tertiary/aromatic N) is 1. The van der Waals surface area contributed by atoms with Crippen LogP contribution in [0.15, 0.2) is 24.3 Å². The van der Waals surface area contributed by atoms with Crippen LogP contribution in [0.4, 0.5) is 5.69 Å². The molecule has 0 bridgehead atoms. The van der Waals surface area contributed by atoms with Crippen molar-refractivity contribution >= 4 is 17.5 Å². The van der Waals surface area contributed by atoms with Crippen LogP contribution in [0.25, 0.3) is 0 Å². The summed E-state index contributed by atoms with van der Waals surface area (Å²) in [4.78, 5) is 25.7. The lowest BCUT2D eigenvalue weighted by Gasteiger charge is -2.30. The number of hydrogen-bond acceptors (Lipinski definition) is 4. The van der Waals surface area contributed by atoms with Gasteiger partial charge >= 0.3 is 0 Å². The van der Waals surface area contributed by atoms with E-state index in [1.54, 1.807) is 20.2 Å². The second-order valence-corrected chi connectivity index (χ2v) is 5.44. The van der Waals surface area contributed by atoms with Gasteiger partial charge in [0.05, 0.1) is 13.7 Å². The molecule has 0 spiro atoms. The van der Waals surface area contributed by atoms with Crippen LogP contribution in [-0.4, -0.2) is 50.5 Å². The Balaban J connectivity index is 1.79. The van der Waals surface area contributed by atoms with Crippen molar-refractivity contribution < 1.29 is 14.3 Å². The third kappa shape index (κ3) is 4.46. The van der Waals surface area contributed by atoms with E-state index in [1.165, 1.54) is 0 Å². The van der Waals surface area contributed by atoms with Crippen molar-refractivity contribution in [2.75, 3.05) is 39.1 Å². The Morgan fingerprint density at radius 2 is 2.05 bits per heavy atom. The van der Waals surface area contributed by atoms with E-state index in [0.29, 0.717) is 12.3 Å². The summed E-state index contributed by atoms with van der Waals surface area (Å²) in [6, 6.07) is 7.29. The standard InChI is InChI=1S/C16H23N3O3/c1-17-16(21)12-6-8-19(9-7-12)11-15(20)18-13-4-3-5-14(10-13)22-2/h3-5,10,12H,6-9,11H2,1-2H3,(H,17,21)(H,18,20). The van der Waals surface area contributed by atoms with E-state index in [4.69, 9.17) is 4.74 Å². The number of amides is 2. The summed E-state index contributed by atoms with van der Waals surface area (Å²) in [6.07, 6.45) is 1.60. The van der Waals surface area contributed by atoms with Crippen molar-refractivity contribution in [2.24, 2.45) is 5.92 Å². The van der Waals surface area contributed by atoms with E-state index in [0.717, 1.165) is 31.6 Å². The Bertz CT molecular complexity index is 525. The third-order valence-electron chi connectivity index (χ3n) is 3.93. The molecule has 1 aliphatic heterocycles. The van der Waals surface area contributed by atoms with Gasteiger partial charge in [-0.15, -0.1) is 0 Å². The highest BCUT2D eigenvalue weighted by Crippen LogP contribution is 2.18. The minimum absolute atomic E-state index is 0.0494. The Morgan fingerprint density at radius 3 is 2.68 bits per heavy atom. The maximum absolute atomic E-state index is 12.1. The minimum atomic E-state index is -0.0494. The van der Waals surface area contributed by atoms with Crippen molar-refractivity contribution in [2.45, 2.75) is 12.8 Å². The van der Waals surface area contributed by atoms with Crippen LogP contribution in [-0.2, 0) is 9.59 Å². The molecule has 0 aliphatic carbocycles. The van der Waals surface area contributed by atoms with Crippen molar-refractivity contribution in [3.05, 3.63) is 24.3 Å². The second kappa shape index (κ2) is 7.79. The summed E-state index contributed by atoms with van der Waals surface area (Å²) < 4.78 is 5.13. The monoisotopic (exact) mass is 305 g/mol. The van der Waals surface area contributed by atoms with E-state index in [1.807, 2.05) is 18.2 Å². The van der Waals surface area contributed by atoms with Gasteiger partial charge in [-0.2, -0.15) is 0 Å². The molecule has 0 unspecified atom stereocenters. The highest BCUT2D eigenvalue weighted by molar-refractivity contribution is 5.92. The van der Waals surface area contributed by atoms with Crippen molar-refractivity contribution in [3.8, 4) is 5.75 Å². The fraction of sp³-hybridized carbons (Fsp3) is 0.500. The van der Waals surface area contributed by atoms with Gasteiger partial charge in [0.25, 0.3) is 0 Å². The van der Waals surface area contributed by atoms with Crippen molar-refractivity contribution in [1.82, 2.24) is 10.2 Å². The summed E-state index contributed by atoms with van der Waals surface area (Å²) in [7, 11) is 3.26. The molecular formula is C16H23N3O3. The number of likely N-dealkylation sites (tertiary alicyclic amines) is 1. The topological polar surface area (TPSA) is 70.7 Å². The lowest BCUT2D eigenvalue weighted by atomic mass is 9.96. The molecule has 1 aliphatic rings. The molecule has 1 aromatic carbocycles. The molecule has 1 saturated heterocycles. The molecule has 0 saturated carbocycles. The fourth-order valence-corrected chi connectivity index (χ4v) is 2.66. The van der Waals surface area contributed by atoms with Gasteiger partial charge < -0.3 is 15.4 Å². The zero-order valence-corrected chi connectivity index (χ0v) is 13.1. The van der Waals surface area contributed by atoms with Gasteiger partial charge in [-0.1, -0.05) is 6.07 Å². The Hall–Kier alpha value is -2.08. The van der Waals surface area contributed by atoms with Gasteiger partial charge in [-0.25, -0.2) is 0 Å². The molecule has 2 rings (SSSR count). The van der Waals surface area contributed by atoms with Crippen LogP contribution in [0.5, 0.6) is 5.75 Å². The Kier molecular flexibility index (Phi) is 5.77. The summed E-state index contributed by atoms with van der Waals surface area (Å²) in [5.74, 6) is 0.832. The molecule has 1 aromatic rings. The van der Waals surface area contributed by atoms with Gasteiger partial charge in [0.2, 0.25) is 11.8 Å². The first kappa shape index (κ1) is 16.3. The van der Waals surface area contributed by atoms with Crippen LogP contribution in [0, 0.1) is 5.92 Å². The highest BCUT2D eigenvalue weighted by atomic mass is 16.5. The summed E-state index contributed by atoms with van der Waals surface area (Å²) >= 11 is 0. The summed E-state index contributed by atoms with van der Waals surface area (Å²) in [6.45, 7) is 1.88. The molecule has 0 atom stereocenters. The largest absolute Gasteiger partial charge is 0.497 e. The van der Waals surface area contributed by atoms with E-state index in [9.17, 15) is 9.59 Å². The molecule has 120 valence electrons. The van der Waals surface area contributed by atoms with Gasteiger partial charge in [0.1, 0.15) is 5.75 Å². The lowest BCUT2D eigenvalue weighted by molar-refractivity contribution is -0.126. The van der Waals surface area contributed by atoms with E-state index in [-0.39, 0.29) is 17.7 Å². The summed E-state index contributed by atoms with van der Waals surface area (Å²) in [5.41, 5.74) is 0.726. The minimum Gasteiger partial charge on any atom is -0.497 e. The number of methoxy groups -OCH3 is 1. The average molecular weight is 305 g/mol. The molecule has 1 heterocycles. The Labute approximate surface area is 130 Å². The van der Waals surface area contributed by atoms with Gasteiger partial charge in [-0.05, 0) is 38.1 Å². The Morgan fingerprint density at radius 1 is 1.32 bits per heavy atom. The molecule has 6 nitrogen and oxygen atoms in total. The van der Waals surface area contributed by atoms with Crippen LogP contribution >= 0.6 is 0 Å². The average Bonchev–Trinajstić information content (AvgIpc) is 2.55. The first-order chi connectivity index (χ1) is 10.6. The number of ether oxygens (including phenoxy) is 1. The lowest BCUT2D eigenvalue weighted by Crippen LogP contribution is -2.42. The number of nitrogens with one attached hydrogen (secondary N) is 2. The number of piperidine rings is 1. The number of benzene rings is 1. The van der Waals surface area contributed by atoms with E-state index >= 15 is 0 Å². The second-order valence-electron chi connectivity index (χ2n) is 5.44. The SMILES string of the molecule is CNC(=O)C1CCN(CC(=O)Nc2cccc(OC)c2)CC1. The number of anilines is 1. The van der Waals surface area contributed by atoms with Gasteiger partial charge in [0.15, 0.2) is 0 Å². The highest BCUT2D eigenvalue weighted by Gasteiger charge is 2.25. The van der Waals surface area contributed by atoms with Crippen LogP contribution in [0.1, 0.15) is 12.8 Å². The maximum atomic E-state index is 12.1. The predicted octanol–water partition coefficient (Wildman–Crippen LogP) is 1.09. The molecule has 2 amide bonds. The molecule has 0 aromatic heterocycles. The van der Waals surface area contributed by atoms with Crippen LogP contribution in [0.2, 0.25) is 0 Å². The van der Waals surface area contributed by atoms with Crippen LogP contribution < -0.4 is 15.4 Å². The number of carbonyl (C=O) groups excluding carboxylic acids is 2. The zero-order valence-electron chi connectivity index (χ0n) is 13.1. The summed E-state index contributed by atoms with van der Waals surface area (Å²) in [5, 5.41) is 5.55. The molecule has 1 fully saturated rings. The molecule has 2 N–H and O–H groups in total. The number of carbonyl (C=O) groups is 2. The molecular weight excluding hydrogens is 282 g/mol. The molecule has 0 radical (unpaired) electrons. The first-order valence-corrected chi connectivity index (χ1v) is 7.50. The molecule has 6 heteroatoms. The van der Waals surface area contributed by atoms with Crippen molar-refractivity contribution in [1.29, 1.82) is 0 Å². The first-order valence-electron chi connectivity index (χ1n) is 7.50. The van der Waals surface area contributed by atoms with Gasteiger partial charge in [0, 0.05) is 24.7 Å². The number of rotatable bonds is 5.